The van der Waals surface area contributed by atoms with E-state index in [0.717, 1.165) is 39.9 Å². The number of carbonyl (C=O) groups excluding carboxylic acids is 1. The number of halogens is 1. The van der Waals surface area contributed by atoms with Crippen LogP contribution in [0.3, 0.4) is 0 Å². The van der Waals surface area contributed by atoms with E-state index < -0.39 is 0 Å². The molecule has 5 heteroatoms. The van der Waals surface area contributed by atoms with Gasteiger partial charge in [-0.2, -0.15) is 0 Å². The highest BCUT2D eigenvalue weighted by atomic mass is 19.1. The maximum Gasteiger partial charge on any atom is 0.243 e. The van der Waals surface area contributed by atoms with Crippen LogP contribution in [0.2, 0.25) is 0 Å². The minimum atomic E-state index is -0.301. The Morgan fingerprint density at radius 1 is 1.30 bits per heavy atom. The molecular formula is C25H29FN2O2. The number of nitrogens with one attached hydrogen (secondary N) is 1. The summed E-state index contributed by atoms with van der Waals surface area (Å²) >= 11 is 0. The minimum absolute atomic E-state index is 0.0376. The SMILES string of the molecule is C=CC(=O)NCc1cc(-c2ccc(F)cc2)c(C)c(N=CC=C(C)CC)c1CCO. The second-order valence-corrected chi connectivity index (χ2v) is 7.08. The van der Waals surface area contributed by atoms with Gasteiger partial charge in [0.05, 0.1) is 5.69 Å². The van der Waals surface area contributed by atoms with Crippen LogP contribution in [0.1, 0.15) is 37.0 Å². The molecule has 0 aliphatic heterocycles. The Labute approximate surface area is 177 Å². The fourth-order valence-electron chi connectivity index (χ4n) is 3.14. The van der Waals surface area contributed by atoms with E-state index in [4.69, 9.17) is 4.99 Å². The van der Waals surface area contributed by atoms with Crippen molar-refractivity contribution in [1.82, 2.24) is 5.32 Å². The number of amides is 1. The summed E-state index contributed by atoms with van der Waals surface area (Å²) in [6.45, 7) is 9.81. The van der Waals surface area contributed by atoms with Crippen LogP contribution in [0.4, 0.5) is 10.1 Å². The average Bonchev–Trinajstić information content (AvgIpc) is 2.75. The lowest BCUT2D eigenvalue weighted by Gasteiger charge is -2.19. The number of hydrogen-bond acceptors (Lipinski definition) is 3. The van der Waals surface area contributed by atoms with Gasteiger partial charge in [-0.1, -0.05) is 31.2 Å². The van der Waals surface area contributed by atoms with E-state index in [9.17, 15) is 14.3 Å². The molecule has 0 bridgehead atoms. The Bertz CT molecular complexity index is 960. The molecule has 0 atom stereocenters. The Balaban J connectivity index is 2.67. The first-order valence-electron chi connectivity index (χ1n) is 10.0. The van der Waals surface area contributed by atoms with Crippen LogP contribution in [-0.4, -0.2) is 23.8 Å². The first-order valence-corrected chi connectivity index (χ1v) is 10.0. The van der Waals surface area contributed by atoms with Crippen molar-refractivity contribution in [1.29, 1.82) is 0 Å². The molecule has 2 aromatic rings. The van der Waals surface area contributed by atoms with Gasteiger partial charge in [0.25, 0.3) is 0 Å². The summed E-state index contributed by atoms with van der Waals surface area (Å²) in [6, 6.07) is 8.27. The molecule has 0 saturated heterocycles. The van der Waals surface area contributed by atoms with Gasteiger partial charge in [-0.25, -0.2) is 4.39 Å². The zero-order valence-electron chi connectivity index (χ0n) is 17.8. The van der Waals surface area contributed by atoms with Crippen molar-refractivity contribution in [3.8, 4) is 11.1 Å². The van der Waals surface area contributed by atoms with Crippen LogP contribution in [-0.2, 0) is 17.8 Å². The Kier molecular flexibility index (Phi) is 8.69. The Morgan fingerprint density at radius 3 is 2.60 bits per heavy atom. The zero-order valence-corrected chi connectivity index (χ0v) is 17.8. The lowest BCUT2D eigenvalue weighted by Crippen LogP contribution is -2.21. The maximum atomic E-state index is 13.4. The van der Waals surface area contributed by atoms with Gasteiger partial charge >= 0.3 is 0 Å². The molecule has 0 heterocycles. The number of hydrogen-bond donors (Lipinski definition) is 2. The third-order valence-electron chi connectivity index (χ3n) is 5.03. The maximum absolute atomic E-state index is 13.4. The predicted molar refractivity (Wildman–Crippen MR) is 122 cm³/mol. The Morgan fingerprint density at radius 2 is 2.00 bits per heavy atom. The lowest BCUT2D eigenvalue weighted by molar-refractivity contribution is -0.116. The molecule has 30 heavy (non-hydrogen) atoms. The van der Waals surface area contributed by atoms with E-state index in [0.29, 0.717) is 6.42 Å². The number of allylic oxidation sites excluding steroid dienone is 2. The van der Waals surface area contributed by atoms with Crippen molar-refractivity contribution in [3.05, 3.63) is 77.1 Å². The predicted octanol–water partition coefficient (Wildman–Crippen LogP) is 5.20. The molecule has 2 aromatic carbocycles. The number of aliphatic hydroxyl groups excluding tert-OH is 1. The van der Waals surface area contributed by atoms with Crippen LogP contribution in [0, 0.1) is 12.7 Å². The van der Waals surface area contributed by atoms with Gasteiger partial charge in [-0.05, 0) is 84.9 Å². The number of carbonyl (C=O) groups is 1. The fraction of sp³-hybridized carbons (Fsp3) is 0.280. The van der Waals surface area contributed by atoms with Crippen LogP contribution in [0.5, 0.6) is 0 Å². The highest BCUT2D eigenvalue weighted by Gasteiger charge is 2.16. The molecule has 0 spiro atoms. The van der Waals surface area contributed by atoms with Crippen LogP contribution < -0.4 is 5.32 Å². The van der Waals surface area contributed by atoms with E-state index in [1.54, 1.807) is 18.3 Å². The molecule has 0 radical (unpaired) electrons. The van der Waals surface area contributed by atoms with Crippen molar-refractivity contribution in [2.75, 3.05) is 6.61 Å². The van der Waals surface area contributed by atoms with E-state index in [1.165, 1.54) is 23.8 Å². The van der Waals surface area contributed by atoms with Gasteiger partial charge in [-0.3, -0.25) is 9.79 Å². The van der Waals surface area contributed by atoms with Crippen molar-refractivity contribution >= 4 is 17.8 Å². The van der Waals surface area contributed by atoms with Crippen LogP contribution in [0.25, 0.3) is 11.1 Å². The van der Waals surface area contributed by atoms with Gasteiger partial charge in [0.2, 0.25) is 5.91 Å². The third-order valence-corrected chi connectivity index (χ3v) is 5.03. The van der Waals surface area contributed by atoms with Gasteiger partial charge in [-0.15, -0.1) is 0 Å². The summed E-state index contributed by atoms with van der Waals surface area (Å²) in [5.41, 5.74) is 6.39. The summed E-state index contributed by atoms with van der Waals surface area (Å²) in [5, 5.41) is 12.4. The van der Waals surface area contributed by atoms with Crippen LogP contribution >= 0.6 is 0 Å². The smallest absolute Gasteiger partial charge is 0.243 e. The first-order chi connectivity index (χ1) is 14.4. The summed E-state index contributed by atoms with van der Waals surface area (Å²) in [6.07, 6.45) is 6.29. The normalized spacial score (nSPS) is 11.7. The number of aliphatic imine (C=N–C) groups is 1. The van der Waals surface area contributed by atoms with E-state index in [1.807, 2.05) is 26.0 Å². The van der Waals surface area contributed by atoms with Gasteiger partial charge < -0.3 is 10.4 Å². The molecule has 158 valence electrons. The number of benzene rings is 2. The standard InChI is InChI=1S/C25H29FN2O2/c1-5-17(3)11-13-27-25-18(4)23(19-7-9-21(26)10-8-19)15-20(22(25)12-14-29)16-28-24(30)6-2/h6-11,13,15,29H,2,5,12,14,16H2,1,3-4H3,(H,28,30). The summed E-state index contributed by atoms with van der Waals surface area (Å²) < 4.78 is 13.4. The van der Waals surface area contributed by atoms with Gasteiger partial charge in [0.15, 0.2) is 0 Å². The quantitative estimate of drug-likeness (QED) is 0.443. The molecule has 1 amide bonds. The third kappa shape index (κ3) is 5.97. The monoisotopic (exact) mass is 408 g/mol. The van der Waals surface area contributed by atoms with Crippen molar-refractivity contribution in [2.24, 2.45) is 4.99 Å². The molecule has 0 fully saturated rings. The number of rotatable bonds is 9. The average molecular weight is 409 g/mol. The lowest BCUT2D eigenvalue weighted by atomic mass is 9.91. The number of aliphatic hydroxyl groups is 1. The molecule has 0 aliphatic carbocycles. The van der Waals surface area contributed by atoms with Gasteiger partial charge in [0.1, 0.15) is 5.82 Å². The van der Waals surface area contributed by atoms with Crippen molar-refractivity contribution < 1.29 is 14.3 Å². The molecular weight excluding hydrogens is 379 g/mol. The second-order valence-electron chi connectivity index (χ2n) is 7.08. The zero-order chi connectivity index (χ0) is 22.1. The summed E-state index contributed by atoms with van der Waals surface area (Å²) in [5.74, 6) is -0.578. The summed E-state index contributed by atoms with van der Waals surface area (Å²) in [7, 11) is 0. The van der Waals surface area contributed by atoms with E-state index >= 15 is 0 Å². The highest BCUT2D eigenvalue weighted by molar-refractivity contribution is 5.87. The topological polar surface area (TPSA) is 61.7 Å². The largest absolute Gasteiger partial charge is 0.396 e. The van der Waals surface area contributed by atoms with Crippen molar-refractivity contribution in [3.63, 3.8) is 0 Å². The molecule has 0 unspecified atom stereocenters. The molecule has 4 nitrogen and oxygen atoms in total. The van der Waals surface area contributed by atoms with Gasteiger partial charge in [0, 0.05) is 19.4 Å². The van der Waals surface area contributed by atoms with Crippen molar-refractivity contribution in [2.45, 2.75) is 40.2 Å². The first kappa shape index (κ1) is 23.2. The summed E-state index contributed by atoms with van der Waals surface area (Å²) in [4.78, 5) is 16.4. The molecule has 2 N–H and O–H groups in total. The molecule has 0 aromatic heterocycles. The second kappa shape index (κ2) is 11.2. The number of nitrogens with zero attached hydrogens (tertiary/aromatic N) is 1. The van der Waals surface area contributed by atoms with Crippen LogP contribution in [0.15, 0.2) is 59.6 Å². The molecule has 0 aliphatic rings. The Hall–Kier alpha value is -3.05. The fourth-order valence-corrected chi connectivity index (χ4v) is 3.14. The highest BCUT2D eigenvalue weighted by Crippen LogP contribution is 2.36. The van der Waals surface area contributed by atoms with E-state index in [2.05, 4.69) is 18.8 Å². The molecule has 0 saturated carbocycles. The molecule has 2 rings (SSSR count). The van der Waals surface area contributed by atoms with E-state index in [-0.39, 0.29) is 24.9 Å². The minimum Gasteiger partial charge on any atom is -0.396 e.